The summed E-state index contributed by atoms with van der Waals surface area (Å²) in [7, 11) is 0. The fraction of sp³-hybridized carbons (Fsp3) is 0.625. The summed E-state index contributed by atoms with van der Waals surface area (Å²) in [6.45, 7) is 0.794. The maximum atomic E-state index is 6.07. The van der Waals surface area contributed by atoms with E-state index < -0.39 is 0 Å². The fourth-order valence-electron chi connectivity index (χ4n) is 2.53. The van der Waals surface area contributed by atoms with Gasteiger partial charge in [-0.05, 0) is 24.8 Å². The molecule has 0 heterocycles. The van der Waals surface area contributed by atoms with E-state index >= 15 is 0 Å². The summed E-state index contributed by atoms with van der Waals surface area (Å²) in [5, 5.41) is 0. The minimum Gasteiger partial charge on any atom is -0.374 e. The lowest BCUT2D eigenvalue weighted by Gasteiger charge is -2.20. The molecule has 2 aliphatic carbocycles. The molecule has 0 radical (unpaired) electrons. The average Bonchev–Trinajstić information content (AvgIpc) is 2.56. The van der Waals surface area contributed by atoms with E-state index in [0.717, 1.165) is 13.0 Å². The van der Waals surface area contributed by atoms with Gasteiger partial charge in [-0.15, -0.1) is 0 Å². The van der Waals surface area contributed by atoms with Crippen molar-refractivity contribution < 1.29 is 4.74 Å². The second-order valence-corrected chi connectivity index (χ2v) is 5.08. The van der Waals surface area contributed by atoms with Gasteiger partial charge in [0.15, 0.2) is 0 Å². The van der Waals surface area contributed by atoms with Crippen LogP contribution in [0.5, 0.6) is 0 Å². The first kappa shape index (κ1) is 12.6. The van der Waals surface area contributed by atoms with Gasteiger partial charge in [0.2, 0.25) is 0 Å². The molecular weight excluding hydrogens is 208 g/mol. The van der Waals surface area contributed by atoms with Crippen LogP contribution in [-0.2, 0) is 4.74 Å². The minimum atomic E-state index is 0.501. The van der Waals surface area contributed by atoms with Gasteiger partial charge in [0, 0.05) is 0 Å². The molecule has 0 aliphatic heterocycles. The summed E-state index contributed by atoms with van der Waals surface area (Å²) in [6.07, 6.45) is 21.8. The van der Waals surface area contributed by atoms with E-state index in [-0.39, 0.29) is 0 Å². The maximum absolute atomic E-state index is 6.07. The van der Waals surface area contributed by atoms with Crippen molar-refractivity contribution in [3.63, 3.8) is 0 Å². The lowest BCUT2D eigenvalue weighted by atomic mass is 9.98. The topological polar surface area (TPSA) is 9.23 Å². The first-order valence-electron chi connectivity index (χ1n) is 7.09. The Hall–Kier alpha value is -0.820. The molecule has 0 amide bonds. The Morgan fingerprint density at radius 1 is 1.00 bits per heavy atom. The molecule has 0 aromatic rings. The van der Waals surface area contributed by atoms with Crippen LogP contribution in [0, 0.1) is 0 Å². The van der Waals surface area contributed by atoms with E-state index in [1.165, 1.54) is 50.5 Å². The van der Waals surface area contributed by atoms with Gasteiger partial charge in [-0.2, -0.15) is 0 Å². The summed E-state index contributed by atoms with van der Waals surface area (Å²) in [6, 6.07) is 0. The second kappa shape index (κ2) is 7.50. The highest BCUT2D eigenvalue weighted by Gasteiger charge is 2.11. The van der Waals surface area contributed by atoms with Gasteiger partial charge in [-0.3, -0.25) is 0 Å². The Morgan fingerprint density at radius 3 is 2.59 bits per heavy atom. The standard InChI is InChI=1S/C16H24O/c1-2-8-12-16(13-9-3-1)17-14-15-10-6-4-5-7-11-15/h4-6,10-11,16H,1-3,7-9,12-14H2. The summed E-state index contributed by atoms with van der Waals surface area (Å²) in [5.74, 6) is 0. The van der Waals surface area contributed by atoms with Crippen LogP contribution in [0.25, 0.3) is 0 Å². The van der Waals surface area contributed by atoms with E-state index in [2.05, 4.69) is 30.4 Å². The van der Waals surface area contributed by atoms with Gasteiger partial charge in [0.25, 0.3) is 0 Å². The van der Waals surface area contributed by atoms with Crippen molar-refractivity contribution in [2.75, 3.05) is 6.61 Å². The molecule has 0 aromatic carbocycles. The summed E-state index contributed by atoms with van der Waals surface area (Å²) < 4.78 is 6.07. The van der Waals surface area contributed by atoms with Crippen LogP contribution in [0.1, 0.15) is 51.4 Å². The molecule has 1 nitrogen and oxygen atoms in total. The maximum Gasteiger partial charge on any atom is 0.0717 e. The fourth-order valence-corrected chi connectivity index (χ4v) is 2.53. The number of allylic oxidation sites excluding steroid dienone is 4. The van der Waals surface area contributed by atoms with E-state index in [4.69, 9.17) is 4.74 Å². The SMILES string of the molecule is C1=CCC=C(COC2CCCCCCC2)C=C1. The summed E-state index contributed by atoms with van der Waals surface area (Å²) in [4.78, 5) is 0. The highest BCUT2D eigenvalue weighted by atomic mass is 16.5. The summed E-state index contributed by atoms with van der Waals surface area (Å²) >= 11 is 0. The smallest absolute Gasteiger partial charge is 0.0717 e. The number of rotatable bonds is 3. The Bertz CT molecular complexity index is 291. The zero-order valence-electron chi connectivity index (χ0n) is 10.7. The van der Waals surface area contributed by atoms with E-state index in [0.29, 0.717) is 6.10 Å². The van der Waals surface area contributed by atoms with Gasteiger partial charge >= 0.3 is 0 Å². The predicted molar refractivity (Wildman–Crippen MR) is 73.0 cm³/mol. The van der Waals surface area contributed by atoms with Crippen molar-refractivity contribution in [2.24, 2.45) is 0 Å². The van der Waals surface area contributed by atoms with Gasteiger partial charge in [0.05, 0.1) is 12.7 Å². The lowest BCUT2D eigenvalue weighted by Crippen LogP contribution is -2.15. The van der Waals surface area contributed by atoms with Crippen LogP contribution < -0.4 is 0 Å². The van der Waals surface area contributed by atoms with Crippen LogP contribution in [0.3, 0.4) is 0 Å². The average molecular weight is 232 g/mol. The number of hydrogen-bond donors (Lipinski definition) is 0. The Kier molecular flexibility index (Phi) is 5.57. The van der Waals surface area contributed by atoms with Crippen molar-refractivity contribution >= 4 is 0 Å². The van der Waals surface area contributed by atoms with Crippen LogP contribution in [0.15, 0.2) is 36.0 Å². The quantitative estimate of drug-likeness (QED) is 0.693. The minimum absolute atomic E-state index is 0.501. The molecule has 2 rings (SSSR count). The van der Waals surface area contributed by atoms with E-state index in [9.17, 15) is 0 Å². The van der Waals surface area contributed by atoms with E-state index in [1.54, 1.807) is 0 Å². The van der Waals surface area contributed by atoms with Crippen molar-refractivity contribution in [1.82, 2.24) is 0 Å². The van der Waals surface area contributed by atoms with E-state index in [1.807, 2.05) is 0 Å². The third kappa shape index (κ3) is 4.91. The molecule has 1 saturated carbocycles. The molecule has 0 N–H and O–H groups in total. The van der Waals surface area contributed by atoms with Gasteiger partial charge < -0.3 is 4.74 Å². The first-order chi connectivity index (χ1) is 8.45. The molecule has 0 unspecified atom stereocenters. The zero-order chi connectivity index (χ0) is 11.8. The Labute approximate surface area is 105 Å². The number of hydrogen-bond acceptors (Lipinski definition) is 1. The van der Waals surface area contributed by atoms with Crippen LogP contribution in [-0.4, -0.2) is 12.7 Å². The molecule has 0 spiro atoms. The van der Waals surface area contributed by atoms with Gasteiger partial charge in [-0.25, -0.2) is 0 Å². The van der Waals surface area contributed by atoms with Crippen molar-refractivity contribution in [1.29, 1.82) is 0 Å². The molecule has 0 saturated heterocycles. The van der Waals surface area contributed by atoms with Gasteiger partial charge in [-0.1, -0.05) is 62.5 Å². The normalized spacial score (nSPS) is 22.7. The van der Waals surface area contributed by atoms with Crippen LogP contribution in [0.2, 0.25) is 0 Å². The van der Waals surface area contributed by atoms with Crippen LogP contribution in [0.4, 0.5) is 0 Å². The van der Waals surface area contributed by atoms with Gasteiger partial charge in [0.1, 0.15) is 0 Å². The number of ether oxygens (including phenoxy) is 1. The monoisotopic (exact) mass is 232 g/mol. The largest absolute Gasteiger partial charge is 0.374 e. The summed E-state index contributed by atoms with van der Waals surface area (Å²) in [5.41, 5.74) is 1.33. The molecule has 0 atom stereocenters. The Balaban J connectivity index is 1.74. The third-order valence-corrected chi connectivity index (χ3v) is 3.61. The lowest BCUT2D eigenvalue weighted by molar-refractivity contribution is 0.0514. The Morgan fingerprint density at radius 2 is 1.76 bits per heavy atom. The molecule has 1 heteroatoms. The van der Waals surface area contributed by atoms with Crippen molar-refractivity contribution in [2.45, 2.75) is 57.5 Å². The molecule has 1 fully saturated rings. The zero-order valence-corrected chi connectivity index (χ0v) is 10.7. The van der Waals surface area contributed by atoms with Crippen LogP contribution >= 0.6 is 0 Å². The highest BCUT2D eigenvalue weighted by Crippen LogP contribution is 2.20. The predicted octanol–water partition coefficient (Wildman–Crippen LogP) is 4.56. The molecule has 0 bridgehead atoms. The molecular formula is C16H24O. The molecule has 0 aromatic heterocycles. The molecule has 2 aliphatic rings. The van der Waals surface area contributed by atoms with Crippen molar-refractivity contribution in [3.8, 4) is 0 Å². The third-order valence-electron chi connectivity index (χ3n) is 3.61. The second-order valence-electron chi connectivity index (χ2n) is 5.08. The van der Waals surface area contributed by atoms with Crippen molar-refractivity contribution in [3.05, 3.63) is 36.0 Å². The molecule has 17 heavy (non-hydrogen) atoms. The highest BCUT2D eigenvalue weighted by molar-refractivity contribution is 5.26. The molecule has 94 valence electrons. The first-order valence-corrected chi connectivity index (χ1v) is 7.09.